The molecule has 4 rings (SSSR count). The van der Waals surface area contributed by atoms with Gasteiger partial charge in [-0.05, 0) is 49.5 Å². The van der Waals surface area contributed by atoms with Crippen LogP contribution >= 0.6 is 12.4 Å². The maximum absolute atomic E-state index is 12.9. The third kappa shape index (κ3) is 4.16. The van der Waals surface area contributed by atoms with E-state index in [0.717, 1.165) is 36.0 Å². The first-order valence-electron chi connectivity index (χ1n) is 9.41. The Morgan fingerprint density at radius 2 is 2.07 bits per heavy atom. The number of methoxy groups -OCH3 is 1. The molecule has 0 spiro atoms. The summed E-state index contributed by atoms with van der Waals surface area (Å²) in [4.78, 5) is 12.9. The van der Waals surface area contributed by atoms with Crippen molar-refractivity contribution in [3.8, 4) is 16.9 Å². The van der Waals surface area contributed by atoms with Crippen molar-refractivity contribution in [2.45, 2.75) is 12.8 Å². The number of rotatable bonds is 6. The summed E-state index contributed by atoms with van der Waals surface area (Å²) < 4.78 is 11.3. The van der Waals surface area contributed by atoms with Crippen molar-refractivity contribution in [3.05, 3.63) is 54.3 Å². The average molecular weight is 401 g/mol. The number of hydrogen-bond donors (Lipinski definition) is 2. The molecule has 0 bridgehead atoms. The lowest BCUT2D eigenvalue weighted by atomic mass is 10.0. The number of benzene rings is 2. The first kappa shape index (κ1) is 20.2. The zero-order valence-corrected chi connectivity index (χ0v) is 16.7. The highest BCUT2D eigenvalue weighted by molar-refractivity contribution is 6.08. The van der Waals surface area contributed by atoms with Crippen molar-refractivity contribution >= 4 is 29.3 Å². The van der Waals surface area contributed by atoms with Crippen LogP contribution in [0.4, 0.5) is 0 Å². The van der Waals surface area contributed by atoms with Gasteiger partial charge in [-0.25, -0.2) is 0 Å². The quantitative estimate of drug-likeness (QED) is 0.649. The molecule has 2 aromatic carbocycles. The summed E-state index contributed by atoms with van der Waals surface area (Å²) >= 11 is 0. The monoisotopic (exact) mass is 400 g/mol. The van der Waals surface area contributed by atoms with E-state index in [9.17, 15) is 4.79 Å². The van der Waals surface area contributed by atoms with Crippen molar-refractivity contribution in [2.24, 2.45) is 5.92 Å². The molecule has 1 aliphatic rings. The van der Waals surface area contributed by atoms with E-state index in [1.165, 1.54) is 6.42 Å². The number of halogens is 1. The minimum atomic E-state index is -0.171. The fourth-order valence-electron chi connectivity index (χ4n) is 3.69. The highest BCUT2D eigenvalue weighted by atomic mass is 35.5. The molecular formula is C22H25ClN2O3. The van der Waals surface area contributed by atoms with Crippen LogP contribution in [0.15, 0.2) is 52.9 Å². The third-order valence-electron chi connectivity index (χ3n) is 5.17. The van der Waals surface area contributed by atoms with Gasteiger partial charge in [0.05, 0.1) is 7.11 Å². The van der Waals surface area contributed by atoms with Gasteiger partial charge < -0.3 is 19.8 Å². The molecule has 3 aromatic rings. The Labute approximate surface area is 170 Å². The van der Waals surface area contributed by atoms with E-state index in [0.29, 0.717) is 29.6 Å². The highest BCUT2D eigenvalue weighted by Crippen LogP contribution is 2.36. The molecule has 5 nitrogen and oxygen atoms in total. The summed E-state index contributed by atoms with van der Waals surface area (Å²) in [7, 11) is 1.62. The maximum atomic E-state index is 12.9. The predicted octanol–water partition coefficient (Wildman–Crippen LogP) is 4.26. The molecule has 1 fully saturated rings. The van der Waals surface area contributed by atoms with Gasteiger partial charge in [-0.15, -0.1) is 12.4 Å². The van der Waals surface area contributed by atoms with E-state index in [1.54, 1.807) is 7.11 Å². The van der Waals surface area contributed by atoms with Crippen LogP contribution in [-0.2, 0) is 0 Å². The maximum Gasteiger partial charge on any atom is 0.287 e. The Hall–Kier alpha value is -2.50. The summed E-state index contributed by atoms with van der Waals surface area (Å²) in [5.74, 6) is 1.53. The number of amides is 1. The van der Waals surface area contributed by atoms with Gasteiger partial charge >= 0.3 is 0 Å². The van der Waals surface area contributed by atoms with Gasteiger partial charge in [0.1, 0.15) is 11.3 Å². The first-order valence-corrected chi connectivity index (χ1v) is 9.41. The van der Waals surface area contributed by atoms with Gasteiger partial charge in [0.15, 0.2) is 0 Å². The van der Waals surface area contributed by atoms with Gasteiger partial charge in [-0.1, -0.05) is 30.3 Å². The Morgan fingerprint density at radius 3 is 2.79 bits per heavy atom. The zero-order valence-electron chi connectivity index (χ0n) is 15.9. The molecule has 1 aromatic heterocycles. The van der Waals surface area contributed by atoms with Crippen LogP contribution in [0.3, 0.4) is 0 Å². The number of carbonyl (C=O) groups excluding carboxylic acids is 1. The molecule has 1 aliphatic heterocycles. The summed E-state index contributed by atoms with van der Waals surface area (Å²) in [5.41, 5.74) is 2.44. The average Bonchev–Trinajstić information content (AvgIpc) is 3.35. The summed E-state index contributed by atoms with van der Waals surface area (Å²) in [5, 5.41) is 7.30. The van der Waals surface area contributed by atoms with Crippen molar-refractivity contribution in [1.29, 1.82) is 0 Å². The Balaban J connectivity index is 0.00000225. The zero-order chi connectivity index (χ0) is 18.6. The topological polar surface area (TPSA) is 63.5 Å². The predicted molar refractivity (Wildman–Crippen MR) is 113 cm³/mol. The molecule has 2 N–H and O–H groups in total. The number of fused-ring (bicyclic) bond motifs is 1. The lowest BCUT2D eigenvalue weighted by molar-refractivity contribution is 0.0927. The largest absolute Gasteiger partial charge is 0.497 e. The number of nitrogens with one attached hydrogen (secondary N) is 2. The molecule has 2 heterocycles. The Bertz CT molecular complexity index is 934. The van der Waals surface area contributed by atoms with Crippen LogP contribution in [0.1, 0.15) is 23.4 Å². The fraction of sp³-hybridized carbons (Fsp3) is 0.318. The van der Waals surface area contributed by atoms with E-state index >= 15 is 0 Å². The van der Waals surface area contributed by atoms with Gasteiger partial charge in [0.25, 0.3) is 5.91 Å². The summed E-state index contributed by atoms with van der Waals surface area (Å²) in [6.07, 6.45) is 2.16. The minimum absolute atomic E-state index is 0. The van der Waals surface area contributed by atoms with Crippen LogP contribution in [-0.4, -0.2) is 32.7 Å². The van der Waals surface area contributed by atoms with Gasteiger partial charge in [-0.3, -0.25) is 4.79 Å². The molecule has 1 unspecified atom stereocenters. The van der Waals surface area contributed by atoms with Crippen molar-refractivity contribution in [2.75, 3.05) is 26.7 Å². The van der Waals surface area contributed by atoms with E-state index < -0.39 is 0 Å². The smallest absolute Gasteiger partial charge is 0.287 e. The van der Waals surface area contributed by atoms with E-state index in [1.807, 2.05) is 48.5 Å². The normalized spacial score (nSPS) is 16.0. The minimum Gasteiger partial charge on any atom is -0.497 e. The van der Waals surface area contributed by atoms with Gasteiger partial charge in [-0.2, -0.15) is 0 Å². The van der Waals surface area contributed by atoms with Gasteiger partial charge in [0.2, 0.25) is 5.76 Å². The SMILES string of the molecule is COc1ccc2c(-c3ccccc3)c(C(=O)NCCC3CCNC3)oc2c1.Cl. The van der Waals surface area contributed by atoms with Crippen molar-refractivity contribution in [3.63, 3.8) is 0 Å². The third-order valence-corrected chi connectivity index (χ3v) is 5.17. The van der Waals surface area contributed by atoms with Crippen LogP contribution < -0.4 is 15.4 Å². The van der Waals surface area contributed by atoms with Gasteiger partial charge in [0, 0.05) is 23.6 Å². The molecule has 0 aliphatic carbocycles. The second-order valence-corrected chi connectivity index (χ2v) is 6.94. The van der Waals surface area contributed by atoms with E-state index in [2.05, 4.69) is 10.6 Å². The molecule has 1 saturated heterocycles. The summed E-state index contributed by atoms with van der Waals surface area (Å²) in [6, 6.07) is 15.5. The van der Waals surface area contributed by atoms with Crippen LogP contribution in [0, 0.1) is 5.92 Å². The lowest BCUT2D eigenvalue weighted by Gasteiger charge is -2.09. The van der Waals surface area contributed by atoms with Crippen molar-refractivity contribution in [1.82, 2.24) is 10.6 Å². The number of ether oxygens (including phenoxy) is 1. The molecule has 0 saturated carbocycles. The highest BCUT2D eigenvalue weighted by Gasteiger charge is 2.22. The Morgan fingerprint density at radius 1 is 1.25 bits per heavy atom. The lowest BCUT2D eigenvalue weighted by Crippen LogP contribution is -2.26. The number of hydrogen-bond acceptors (Lipinski definition) is 4. The molecule has 1 amide bonds. The second-order valence-electron chi connectivity index (χ2n) is 6.94. The first-order chi connectivity index (χ1) is 13.3. The fourth-order valence-corrected chi connectivity index (χ4v) is 3.69. The molecule has 1 atom stereocenters. The van der Waals surface area contributed by atoms with Crippen LogP contribution in [0.2, 0.25) is 0 Å². The van der Waals surface area contributed by atoms with Crippen LogP contribution in [0.5, 0.6) is 5.75 Å². The summed E-state index contributed by atoms with van der Waals surface area (Å²) in [6.45, 7) is 2.76. The van der Waals surface area contributed by atoms with Crippen LogP contribution in [0.25, 0.3) is 22.1 Å². The Kier molecular flexibility index (Phi) is 6.60. The second kappa shape index (κ2) is 9.13. The van der Waals surface area contributed by atoms with Crippen molar-refractivity contribution < 1.29 is 13.9 Å². The number of furan rings is 1. The van der Waals surface area contributed by atoms with E-state index in [-0.39, 0.29) is 18.3 Å². The standard InChI is InChI=1S/C22H24N2O3.ClH/c1-26-17-7-8-18-19(13-17)27-21(20(18)16-5-3-2-4-6-16)22(25)24-12-10-15-9-11-23-14-15;/h2-8,13,15,23H,9-12,14H2,1H3,(H,24,25);1H. The number of carbonyl (C=O) groups is 1. The molecule has 0 radical (unpaired) electrons. The molecule has 6 heteroatoms. The molecule has 28 heavy (non-hydrogen) atoms. The van der Waals surface area contributed by atoms with E-state index in [4.69, 9.17) is 9.15 Å². The molecule has 148 valence electrons. The molecular weight excluding hydrogens is 376 g/mol.